The van der Waals surface area contributed by atoms with E-state index < -0.39 is 0 Å². The van der Waals surface area contributed by atoms with Crippen molar-refractivity contribution in [2.75, 3.05) is 32.7 Å². The summed E-state index contributed by atoms with van der Waals surface area (Å²) in [6, 6.07) is 9.88. The van der Waals surface area contributed by atoms with Crippen molar-refractivity contribution in [2.45, 2.75) is 32.2 Å². The second-order valence-electron chi connectivity index (χ2n) is 7.84. The third-order valence-corrected chi connectivity index (χ3v) is 5.80. The molecule has 2 heterocycles. The maximum Gasteiger partial charge on any atom is 0.236 e. The van der Waals surface area contributed by atoms with E-state index in [-0.39, 0.29) is 29.6 Å². The van der Waals surface area contributed by atoms with Gasteiger partial charge in [-0.2, -0.15) is 0 Å². The minimum Gasteiger partial charge on any atom is -0.369 e. The highest BCUT2D eigenvalue weighted by atomic mass is 16.2. The van der Waals surface area contributed by atoms with Gasteiger partial charge in [0.1, 0.15) is 0 Å². The fourth-order valence-electron chi connectivity index (χ4n) is 4.01. The van der Waals surface area contributed by atoms with Gasteiger partial charge >= 0.3 is 0 Å². The minimum atomic E-state index is -0.320. The van der Waals surface area contributed by atoms with Crippen LogP contribution in [0.25, 0.3) is 0 Å². The first-order chi connectivity index (χ1) is 13.5. The van der Waals surface area contributed by atoms with E-state index in [0.717, 1.165) is 44.3 Å². The van der Waals surface area contributed by atoms with Crippen molar-refractivity contribution >= 4 is 17.7 Å². The van der Waals surface area contributed by atoms with Crippen LogP contribution in [0, 0.1) is 11.8 Å². The third-order valence-electron chi connectivity index (χ3n) is 5.80. The SMILES string of the molecule is NC(=O)C1CCCN(C(=O)CN2CCC(C(=O)NCc3ccccc3)CC2)C1. The molecule has 7 nitrogen and oxygen atoms in total. The number of nitrogens with two attached hydrogens (primary N) is 1. The highest BCUT2D eigenvalue weighted by molar-refractivity contribution is 5.81. The fourth-order valence-corrected chi connectivity index (χ4v) is 4.01. The molecular weight excluding hydrogens is 356 g/mol. The average Bonchev–Trinajstić information content (AvgIpc) is 2.73. The molecular formula is C21H30N4O3. The van der Waals surface area contributed by atoms with Gasteiger partial charge in [0, 0.05) is 25.6 Å². The second kappa shape index (κ2) is 9.68. The maximum absolute atomic E-state index is 12.6. The van der Waals surface area contributed by atoms with Crippen LogP contribution < -0.4 is 11.1 Å². The minimum absolute atomic E-state index is 0.00398. The Bertz CT molecular complexity index is 686. The predicted octanol–water partition coefficient (Wildman–Crippen LogP) is 0.739. The molecule has 0 spiro atoms. The van der Waals surface area contributed by atoms with Gasteiger partial charge in [-0.25, -0.2) is 0 Å². The summed E-state index contributed by atoms with van der Waals surface area (Å²) in [4.78, 5) is 40.2. The van der Waals surface area contributed by atoms with Gasteiger partial charge in [0.2, 0.25) is 17.7 Å². The molecule has 1 aromatic carbocycles. The molecule has 0 bridgehead atoms. The zero-order chi connectivity index (χ0) is 19.9. The number of hydrogen-bond donors (Lipinski definition) is 2. The molecule has 0 aromatic heterocycles. The lowest BCUT2D eigenvalue weighted by Gasteiger charge is -2.35. The van der Waals surface area contributed by atoms with Crippen LogP contribution in [0.3, 0.4) is 0 Å². The number of rotatable bonds is 6. The summed E-state index contributed by atoms with van der Waals surface area (Å²) in [7, 11) is 0. The van der Waals surface area contributed by atoms with E-state index in [2.05, 4.69) is 10.2 Å². The van der Waals surface area contributed by atoms with Crippen molar-refractivity contribution in [1.29, 1.82) is 0 Å². The second-order valence-corrected chi connectivity index (χ2v) is 7.84. The van der Waals surface area contributed by atoms with E-state index in [0.29, 0.717) is 26.2 Å². The van der Waals surface area contributed by atoms with Crippen molar-refractivity contribution in [1.82, 2.24) is 15.1 Å². The number of amides is 3. The van der Waals surface area contributed by atoms with Gasteiger partial charge in [-0.15, -0.1) is 0 Å². The number of nitrogens with zero attached hydrogens (tertiary/aromatic N) is 2. The molecule has 3 N–H and O–H groups in total. The van der Waals surface area contributed by atoms with Gasteiger partial charge in [-0.05, 0) is 44.3 Å². The van der Waals surface area contributed by atoms with Crippen LogP contribution in [-0.2, 0) is 20.9 Å². The fraction of sp³-hybridized carbons (Fsp3) is 0.571. The highest BCUT2D eigenvalue weighted by Gasteiger charge is 2.30. The molecule has 3 rings (SSSR count). The molecule has 1 aromatic rings. The predicted molar refractivity (Wildman–Crippen MR) is 106 cm³/mol. The van der Waals surface area contributed by atoms with Gasteiger partial charge in [0.25, 0.3) is 0 Å². The summed E-state index contributed by atoms with van der Waals surface area (Å²) in [5.74, 6) is -0.394. The number of benzene rings is 1. The largest absolute Gasteiger partial charge is 0.369 e. The summed E-state index contributed by atoms with van der Waals surface area (Å²) in [6.07, 6.45) is 3.11. The van der Waals surface area contributed by atoms with Crippen molar-refractivity contribution < 1.29 is 14.4 Å². The first kappa shape index (κ1) is 20.3. The molecule has 1 atom stereocenters. The van der Waals surface area contributed by atoms with E-state index in [4.69, 9.17) is 5.73 Å². The van der Waals surface area contributed by atoms with E-state index in [1.54, 1.807) is 4.90 Å². The zero-order valence-electron chi connectivity index (χ0n) is 16.3. The van der Waals surface area contributed by atoms with Crippen molar-refractivity contribution in [3.63, 3.8) is 0 Å². The number of primary amides is 1. The molecule has 28 heavy (non-hydrogen) atoms. The Balaban J connectivity index is 1.39. The van der Waals surface area contributed by atoms with Gasteiger partial charge in [0.05, 0.1) is 12.5 Å². The topological polar surface area (TPSA) is 95.7 Å². The van der Waals surface area contributed by atoms with Crippen LogP contribution >= 0.6 is 0 Å². The standard InChI is InChI=1S/C21H30N4O3/c22-20(27)18-7-4-10-25(14-18)19(26)15-24-11-8-17(9-12-24)21(28)23-13-16-5-2-1-3-6-16/h1-3,5-6,17-18H,4,7-15H2,(H2,22,27)(H,23,28). The summed E-state index contributed by atoms with van der Waals surface area (Å²) in [5.41, 5.74) is 6.49. The van der Waals surface area contributed by atoms with Gasteiger partial charge in [0.15, 0.2) is 0 Å². The van der Waals surface area contributed by atoms with Crippen molar-refractivity contribution in [3.05, 3.63) is 35.9 Å². The van der Waals surface area contributed by atoms with E-state index >= 15 is 0 Å². The van der Waals surface area contributed by atoms with Gasteiger partial charge in [-0.3, -0.25) is 19.3 Å². The number of likely N-dealkylation sites (tertiary alicyclic amines) is 2. The summed E-state index contributed by atoms with van der Waals surface area (Å²) < 4.78 is 0. The van der Waals surface area contributed by atoms with E-state index in [1.165, 1.54) is 0 Å². The Morgan fingerprint density at radius 2 is 1.71 bits per heavy atom. The first-order valence-electron chi connectivity index (χ1n) is 10.1. The smallest absolute Gasteiger partial charge is 0.236 e. The Hall–Kier alpha value is -2.41. The molecule has 1 unspecified atom stereocenters. The van der Waals surface area contributed by atoms with Crippen molar-refractivity contribution in [3.8, 4) is 0 Å². The molecule has 7 heteroatoms. The Morgan fingerprint density at radius 1 is 1.00 bits per heavy atom. The zero-order valence-corrected chi connectivity index (χ0v) is 16.3. The molecule has 3 amide bonds. The maximum atomic E-state index is 12.6. The Morgan fingerprint density at radius 3 is 2.39 bits per heavy atom. The normalized spacial score (nSPS) is 21.3. The lowest BCUT2D eigenvalue weighted by atomic mass is 9.95. The van der Waals surface area contributed by atoms with Crippen LogP contribution in [0.15, 0.2) is 30.3 Å². The van der Waals surface area contributed by atoms with Crippen LogP contribution in [0.1, 0.15) is 31.2 Å². The molecule has 2 fully saturated rings. The molecule has 2 aliphatic heterocycles. The van der Waals surface area contributed by atoms with Gasteiger partial charge < -0.3 is 16.0 Å². The summed E-state index contributed by atoms with van der Waals surface area (Å²) >= 11 is 0. The lowest BCUT2D eigenvalue weighted by molar-refractivity contribution is -0.136. The van der Waals surface area contributed by atoms with Gasteiger partial charge in [-0.1, -0.05) is 30.3 Å². The monoisotopic (exact) mass is 386 g/mol. The quantitative estimate of drug-likeness (QED) is 0.754. The molecule has 0 aliphatic carbocycles. The average molecular weight is 386 g/mol. The number of nitrogens with one attached hydrogen (secondary N) is 1. The van der Waals surface area contributed by atoms with Crippen LogP contribution in [-0.4, -0.2) is 60.2 Å². The van der Waals surface area contributed by atoms with Crippen molar-refractivity contribution in [2.24, 2.45) is 17.6 Å². The Labute approximate surface area is 166 Å². The number of hydrogen-bond acceptors (Lipinski definition) is 4. The molecule has 152 valence electrons. The van der Waals surface area contributed by atoms with E-state index in [1.807, 2.05) is 30.3 Å². The third kappa shape index (κ3) is 5.55. The number of carbonyl (C=O) groups excluding carboxylic acids is 3. The number of piperidine rings is 2. The molecule has 0 saturated carbocycles. The Kier molecular flexibility index (Phi) is 7.03. The molecule has 2 saturated heterocycles. The van der Waals surface area contributed by atoms with Crippen LogP contribution in [0.2, 0.25) is 0 Å². The molecule has 2 aliphatic rings. The van der Waals surface area contributed by atoms with Crippen LogP contribution in [0.4, 0.5) is 0 Å². The van der Waals surface area contributed by atoms with Crippen LogP contribution in [0.5, 0.6) is 0 Å². The van der Waals surface area contributed by atoms with E-state index in [9.17, 15) is 14.4 Å². The summed E-state index contributed by atoms with van der Waals surface area (Å²) in [5, 5.41) is 3.02. The number of carbonyl (C=O) groups is 3. The summed E-state index contributed by atoms with van der Waals surface area (Å²) in [6.45, 7) is 3.51. The highest BCUT2D eigenvalue weighted by Crippen LogP contribution is 2.19. The lowest BCUT2D eigenvalue weighted by Crippen LogP contribution is -2.49. The first-order valence-corrected chi connectivity index (χ1v) is 10.1. The molecule has 0 radical (unpaired) electrons.